The van der Waals surface area contributed by atoms with Crippen LogP contribution in [0.5, 0.6) is 5.75 Å². The van der Waals surface area contributed by atoms with Crippen LogP contribution >= 0.6 is 0 Å². The molecule has 1 aliphatic rings. The minimum atomic E-state index is -4.60. The van der Waals surface area contributed by atoms with Crippen molar-refractivity contribution >= 4 is 11.6 Å². The lowest BCUT2D eigenvalue weighted by molar-refractivity contribution is -0.230. The third-order valence-electron chi connectivity index (χ3n) is 4.30. The fraction of sp³-hybridized carbons (Fsp3) is 0.316. The van der Waals surface area contributed by atoms with Gasteiger partial charge in [0.2, 0.25) is 5.90 Å². The van der Waals surface area contributed by atoms with Crippen LogP contribution in [-0.2, 0) is 11.3 Å². The van der Waals surface area contributed by atoms with E-state index in [1.165, 1.54) is 12.1 Å². The average molecular weight is 397 g/mol. The minimum Gasteiger partial charge on any atom is -0.495 e. The van der Waals surface area contributed by atoms with E-state index in [4.69, 9.17) is 9.47 Å². The molecule has 28 heavy (non-hydrogen) atoms. The summed E-state index contributed by atoms with van der Waals surface area (Å²) in [6.45, 7) is 0.241. The Morgan fingerprint density at radius 1 is 1.21 bits per heavy atom. The molecule has 5 nitrogen and oxygen atoms in total. The van der Waals surface area contributed by atoms with Crippen molar-refractivity contribution in [1.29, 1.82) is 0 Å². The zero-order valence-corrected chi connectivity index (χ0v) is 15.5. The van der Waals surface area contributed by atoms with Gasteiger partial charge in [-0.15, -0.1) is 5.10 Å². The van der Waals surface area contributed by atoms with Crippen molar-refractivity contribution < 1.29 is 27.0 Å². The number of benzene rings is 2. The highest BCUT2D eigenvalue weighted by Gasteiger charge is 2.48. The third kappa shape index (κ3) is 3.97. The predicted molar refractivity (Wildman–Crippen MR) is 96.7 cm³/mol. The average Bonchev–Trinajstić information content (AvgIpc) is 3.05. The Morgan fingerprint density at radius 3 is 2.54 bits per heavy atom. The summed E-state index contributed by atoms with van der Waals surface area (Å²) in [5, 5.41) is 4.39. The van der Waals surface area contributed by atoms with E-state index in [2.05, 4.69) is 5.10 Å². The standard InChI is InChI=1S/C19H19F4N3O2/c1-25(15-6-4-5-7-16(15)27-3)11-13-9-8-12(10-14(13)20)17-24-26(2)18(28-17)19(21,22)23/h4-10,18H,11H2,1-3H3. The van der Waals surface area contributed by atoms with Gasteiger partial charge in [0.15, 0.2) is 0 Å². The van der Waals surface area contributed by atoms with E-state index in [0.29, 0.717) is 16.3 Å². The van der Waals surface area contributed by atoms with Crippen molar-refractivity contribution in [3.63, 3.8) is 0 Å². The third-order valence-corrected chi connectivity index (χ3v) is 4.30. The van der Waals surface area contributed by atoms with Crippen molar-refractivity contribution in [3.8, 4) is 5.75 Å². The van der Waals surface area contributed by atoms with Crippen LogP contribution in [0.15, 0.2) is 47.6 Å². The van der Waals surface area contributed by atoms with Crippen molar-refractivity contribution in [3.05, 3.63) is 59.4 Å². The summed E-state index contributed by atoms with van der Waals surface area (Å²) in [5.74, 6) is -0.186. The molecule has 1 unspecified atom stereocenters. The summed E-state index contributed by atoms with van der Waals surface area (Å²) in [5.41, 5.74) is 1.29. The molecule has 0 N–H and O–H groups in total. The zero-order valence-electron chi connectivity index (χ0n) is 15.5. The number of alkyl halides is 3. The molecule has 0 saturated carbocycles. The summed E-state index contributed by atoms with van der Waals surface area (Å²) < 4.78 is 63.4. The first-order chi connectivity index (χ1) is 13.2. The smallest absolute Gasteiger partial charge is 0.447 e. The maximum Gasteiger partial charge on any atom is 0.447 e. The molecule has 0 aliphatic carbocycles. The van der Waals surface area contributed by atoms with Gasteiger partial charge in [0.1, 0.15) is 11.6 Å². The van der Waals surface area contributed by atoms with Crippen LogP contribution in [0, 0.1) is 5.82 Å². The topological polar surface area (TPSA) is 37.3 Å². The van der Waals surface area contributed by atoms with Gasteiger partial charge in [-0.05, 0) is 24.3 Å². The number of ether oxygens (including phenoxy) is 2. The minimum absolute atomic E-state index is 0.139. The second kappa shape index (κ2) is 7.57. The Morgan fingerprint density at radius 2 is 1.93 bits per heavy atom. The van der Waals surface area contributed by atoms with Crippen LogP contribution < -0.4 is 9.64 Å². The second-order valence-electron chi connectivity index (χ2n) is 6.32. The maximum absolute atomic E-state index is 14.6. The first kappa shape index (κ1) is 19.8. The lowest BCUT2D eigenvalue weighted by Crippen LogP contribution is -2.39. The number of hydrogen-bond acceptors (Lipinski definition) is 5. The van der Waals surface area contributed by atoms with Crippen molar-refractivity contribution in [2.24, 2.45) is 5.10 Å². The van der Waals surface area contributed by atoms with Crippen LogP contribution in [0.1, 0.15) is 11.1 Å². The van der Waals surface area contributed by atoms with Crippen molar-refractivity contribution in [2.75, 3.05) is 26.1 Å². The fourth-order valence-corrected chi connectivity index (χ4v) is 2.90. The van der Waals surface area contributed by atoms with E-state index in [9.17, 15) is 17.6 Å². The molecule has 3 rings (SSSR count). The van der Waals surface area contributed by atoms with E-state index < -0.39 is 18.2 Å². The number of hydrazone groups is 1. The van der Waals surface area contributed by atoms with E-state index in [0.717, 1.165) is 18.8 Å². The number of halogens is 4. The lowest BCUT2D eigenvalue weighted by Gasteiger charge is -2.22. The highest BCUT2D eigenvalue weighted by atomic mass is 19.4. The quantitative estimate of drug-likeness (QED) is 0.716. The molecule has 150 valence electrons. The molecule has 9 heteroatoms. The molecule has 1 aliphatic heterocycles. The SMILES string of the molecule is COc1ccccc1N(C)Cc1ccc(C2=NN(C)C(C(F)(F)F)O2)cc1F. The number of nitrogens with zero attached hydrogens (tertiary/aromatic N) is 3. The van der Waals surface area contributed by atoms with Gasteiger partial charge < -0.3 is 14.4 Å². The number of para-hydroxylation sites is 2. The van der Waals surface area contributed by atoms with E-state index in [-0.39, 0.29) is 18.0 Å². The Hall–Kier alpha value is -2.97. The van der Waals surface area contributed by atoms with E-state index in [1.54, 1.807) is 20.2 Å². The number of anilines is 1. The van der Waals surface area contributed by atoms with Gasteiger partial charge in [0, 0.05) is 31.8 Å². The van der Waals surface area contributed by atoms with Gasteiger partial charge in [-0.3, -0.25) is 0 Å². The number of rotatable bonds is 5. The Balaban J connectivity index is 1.77. The molecule has 1 atom stereocenters. The first-order valence-corrected chi connectivity index (χ1v) is 8.38. The monoisotopic (exact) mass is 397 g/mol. The molecule has 0 fully saturated rings. The molecule has 0 aromatic heterocycles. The van der Waals surface area contributed by atoms with Crippen molar-refractivity contribution in [1.82, 2.24) is 5.01 Å². The normalized spacial score (nSPS) is 16.6. The fourth-order valence-electron chi connectivity index (χ4n) is 2.90. The van der Waals surface area contributed by atoms with Gasteiger partial charge in [-0.2, -0.15) is 13.2 Å². The molecule has 0 radical (unpaired) electrons. The van der Waals surface area contributed by atoms with Gasteiger partial charge >= 0.3 is 6.18 Å². The van der Waals surface area contributed by atoms with Crippen LogP contribution in [0.2, 0.25) is 0 Å². The van der Waals surface area contributed by atoms with E-state index >= 15 is 0 Å². The molecular weight excluding hydrogens is 378 g/mol. The highest BCUT2D eigenvalue weighted by molar-refractivity contribution is 5.94. The van der Waals surface area contributed by atoms with E-state index in [1.807, 2.05) is 23.1 Å². The van der Waals surface area contributed by atoms with Crippen LogP contribution in [0.3, 0.4) is 0 Å². The maximum atomic E-state index is 14.6. The second-order valence-corrected chi connectivity index (χ2v) is 6.32. The molecule has 0 bridgehead atoms. The van der Waals surface area contributed by atoms with Crippen molar-refractivity contribution in [2.45, 2.75) is 18.9 Å². The Labute approximate surface area is 159 Å². The predicted octanol–water partition coefficient (Wildman–Crippen LogP) is 3.98. The van der Waals surface area contributed by atoms with Crippen LogP contribution in [-0.4, -0.2) is 44.5 Å². The summed E-state index contributed by atoms with van der Waals surface area (Å²) in [6, 6.07) is 11.4. The van der Waals surface area contributed by atoms with Crippen LogP contribution in [0.4, 0.5) is 23.2 Å². The zero-order chi connectivity index (χ0) is 20.5. The summed E-state index contributed by atoms with van der Waals surface area (Å²) in [7, 11) is 4.49. The van der Waals surface area contributed by atoms with Gasteiger partial charge in [-0.25, -0.2) is 9.40 Å². The molecule has 2 aromatic carbocycles. The van der Waals surface area contributed by atoms with Gasteiger partial charge in [-0.1, -0.05) is 18.2 Å². The number of methoxy groups -OCH3 is 1. The molecule has 2 aromatic rings. The highest BCUT2D eigenvalue weighted by Crippen LogP contribution is 2.31. The molecular formula is C19H19F4N3O2. The first-order valence-electron chi connectivity index (χ1n) is 8.38. The molecule has 0 saturated heterocycles. The van der Waals surface area contributed by atoms with Gasteiger partial charge in [0.25, 0.3) is 6.23 Å². The summed E-state index contributed by atoms with van der Waals surface area (Å²) >= 11 is 0. The number of hydrogen-bond donors (Lipinski definition) is 0. The van der Waals surface area contributed by atoms with Gasteiger partial charge in [0.05, 0.1) is 12.8 Å². The van der Waals surface area contributed by atoms with Crippen LogP contribution in [0.25, 0.3) is 0 Å². The Bertz CT molecular complexity index is 886. The summed E-state index contributed by atoms with van der Waals surface area (Å²) in [4.78, 5) is 1.81. The molecule has 1 heterocycles. The lowest BCUT2D eigenvalue weighted by atomic mass is 10.1. The Kier molecular flexibility index (Phi) is 5.35. The largest absolute Gasteiger partial charge is 0.495 e. The molecule has 0 amide bonds. The molecule has 0 spiro atoms. The summed E-state index contributed by atoms with van der Waals surface area (Å²) in [6.07, 6.45) is -6.78.